The van der Waals surface area contributed by atoms with Gasteiger partial charge < -0.3 is 25.2 Å². The van der Waals surface area contributed by atoms with Crippen LogP contribution in [0.15, 0.2) is 24.3 Å². The number of hydrogen-bond donors (Lipinski definition) is 4. The van der Waals surface area contributed by atoms with E-state index in [0.29, 0.717) is 30.8 Å². The molecule has 0 aliphatic carbocycles. The van der Waals surface area contributed by atoms with E-state index >= 15 is 0 Å². The average molecular weight is 423 g/mol. The molecular weight excluding hydrogens is 396 g/mol. The number of carboxylic acids is 1. The summed E-state index contributed by atoms with van der Waals surface area (Å²) in [6.07, 6.45) is 5.61. The monoisotopic (exact) mass is 422 g/mol. The molecule has 4 N–H and O–H groups in total. The molecule has 0 atom stereocenters. The normalized spacial score (nSPS) is 10.8. The Labute approximate surface area is 175 Å². The van der Waals surface area contributed by atoms with Crippen LogP contribution in [0, 0.1) is 0 Å². The van der Waals surface area contributed by atoms with Crippen molar-refractivity contribution in [1.82, 2.24) is 0 Å². The molecule has 0 saturated carbocycles. The number of aromatic hydroxyl groups is 3. The van der Waals surface area contributed by atoms with Crippen molar-refractivity contribution in [3.63, 3.8) is 0 Å². The van der Waals surface area contributed by atoms with Gasteiger partial charge in [-0.2, -0.15) is 0 Å². The van der Waals surface area contributed by atoms with E-state index in [1.165, 1.54) is 12.1 Å². The van der Waals surface area contributed by atoms with Gasteiger partial charge in [0, 0.05) is 5.56 Å². The van der Waals surface area contributed by atoms with Crippen LogP contribution in [0.4, 0.5) is 0 Å². The topological polar surface area (TPSA) is 107 Å². The molecule has 0 radical (unpaired) electrons. The summed E-state index contributed by atoms with van der Waals surface area (Å²) in [5, 5.41) is 38.6. The van der Waals surface area contributed by atoms with Gasteiger partial charge >= 0.3 is 5.97 Å². The number of aryl methyl sites for hydroxylation is 1. The first-order valence-electron chi connectivity index (χ1n) is 9.77. The van der Waals surface area contributed by atoms with Gasteiger partial charge in [0.15, 0.2) is 11.5 Å². The summed E-state index contributed by atoms with van der Waals surface area (Å²) >= 11 is 6.03. The Balaban J connectivity index is 1.79. The number of carbonyl (C=O) groups is 1. The maximum atomic E-state index is 11.2. The lowest BCUT2D eigenvalue weighted by Crippen LogP contribution is -2.04. The molecule has 0 fully saturated rings. The van der Waals surface area contributed by atoms with Crippen LogP contribution in [-0.2, 0) is 12.8 Å². The Morgan fingerprint density at radius 1 is 0.966 bits per heavy atom. The molecule has 2 rings (SSSR count). The van der Waals surface area contributed by atoms with E-state index < -0.39 is 5.97 Å². The van der Waals surface area contributed by atoms with Crippen molar-refractivity contribution in [2.75, 3.05) is 6.61 Å². The lowest BCUT2D eigenvalue weighted by Gasteiger charge is -2.14. The van der Waals surface area contributed by atoms with Crippen LogP contribution in [0.5, 0.6) is 23.0 Å². The van der Waals surface area contributed by atoms with Crippen molar-refractivity contribution in [1.29, 1.82) is 0 Å². The average Bonchev–Trinajstić information content (AvgIpc) is 2.69. The fraction of sp³-hybridized carbons (Fsp3) is 0.409. The van der Waals surface area contributed by atoms with Crippen LogP contribution < -0.4 is 4.74 Å². The van der Waals surface area contributed by atoms with E-state index in [0.717, 1.165) is 37.7 Å². The first kappa shape index (κ1) is 22.7. The smallest absolute Gasteiger partial charge is 0.339 e. The number of rotatable bonds is 11. The van der Waals surface area contributed by atoms with Gasteiger partial charge in [0.1, 0.15) is 17.1 Å². The molecule has 0 aliphatic rings. The van der Waals surface area contributed by atoms with E-state index in [9.17, 15) is 20.1 Å². The summed E-state index contributed by atoms with van der Waals surface area (Å²) in [6, 6.07) is 6.11. The minimum absolute atomic E-state index is 0.111. The molecule has 0 heterocycles. The summed E-state index contributed by atoms with van der Waals surface area (Å²) in [5.41, 5.74) is 1.23. The first-order valence-corrected chi connectivity index (χ1v) is 10.1. The number of carboxylic acid groups (broad SMARTS) is 1. The fourth-order valence-corrected chi connectivity index (χ4v) is 3.41. The van der Waals surface area contributed by atoms with Crippen LogP contribution in [0.1, 0.15) is 60.5 Å². The molecule has 2 aromatic carbocycles. The maximum absolute atomic E-state index is 11.2. The van der Waals surface area contributed by atoms with Crippen molar-refractivity contribution >= 4 is 17.6 Å². The van der Waals surface area contributed by atoms with Gasteiger partial charge in [-0.05, 0) is 49.4 Å². The molecule has 0 aliphatic heterocycles. The Morgan fingerprint density at radius 2 is 1.69 bits per heavy atom. The van der Waals surface area contributed by atoms with Crippen molar-refractivity contribution in [2.45, 2.75) is 51.9 Å². The predicted molar refractivity (Wildman–Crippen MR) is 112 cm³/mol. The molecular formula is C22H27ClO6. The maximum Gasteiger partial charge on any atom is 0.339 e. The van der Waals surface area contributed by atoms with Gasteiger partial charge in [0.2, 0.25) is 0 Å². The molecule has 29 heavy (non-hydrogen) atoms. The number of phenolic OH excluding ortho intramolecular Hbond substituents is 2. The van der Waals surface area contributed by atoms with Gasteiger partial charge in [0.25, 0.3) is 0 Å². The lowest BCUT2D eigenvalue weighted by molar-refractivity contribution is 0.0693. The Bertz CT molecular complexity index is 850. The number of ether oxygens (including phenoxy) is 1. The second-order valence-electron chi connectivity index (χ2n) is 6.91. The SMILES string of the molecule is CCCc1c(OCCCCCCc2ccc(O)c(O)c2Cl)ccc(C(=O)O)c1O. The Morgan fingerprint density at radius 3 is 2.38 bits per heavy atom. The number of unbranched alkanes of at least 4 members (excludes halogenated alkanes) is 3. The van der Waals surface area contributed by atoms with E-state index in [1.54, 1.807) is 12.1 Å². The van der Waals surface area contributed by atoms with E-state index in [4.69, 9.17) is 21.4 Å². The van der Waals surface area contributed by atoms with Gasteiger partial charge in [-0.15, -0.1) is 0 Å². The minimum Gasteiger partial charge on any atom is -0.507 e. The Hall–Kier alpha value is -2.60. The van der Waals surface area contributed by atoms with Crippen LogP contribution in [0.25, 0.3) is 0 Å². The van der Waals surface area contributed by atoms with Crippen LogP contribution in [-0.4, -0.2) is 33.0 Å². The van der Waals surface area contributed by atoms with Gasteiger partial charge in [-0.3, -0.25) is 0 Å². The second kappa shape index (κ2) is 10.8. The number of phenols is 3. The highest BCUT2D eigenvalue weighted by atomic mass is 35.5. The zero-order valence-corrected chi connectivity index (χ0v) is 17.2. The number of aromatic carboxylic acids is 1. The zero-order chi connectivity index (χ0) is 21.4. The molecule has 0 amide bonds. The zero-order valence-electron chi connectivity index (χ0n) is 16.4. The summed E-state index contributed by atoms with van der Waals surface area (Å²) in [6.45, 7) is 2.43. The largest absolute Gasteiger partial charge is 0.507 e. The molecule has 0 aromatic heterocycles. The highest BCUT2D eigenvalue weighted by molar-refractivity contribution is 6.33. The van der Waals surface area contributed by atoms with E-state index in [-0.39, 0.29) is 27.8 Å². The standard InChI is InChI=1S/C22H27ClO6/c1-2-7-15-18(12-10-16(20(15)25)22(27)28)29-13-6-4-3-5-8-14-9-11-17(24)21(26)19(14)23/h9-12,24-26H,2-8,13H2,1H3,(H,27,28). The molecule has 158 valence electrons. The summed E-state index contributed by atoms with van der Waals surface area (Å²) in [7, 11) is 0. The number of halogens is 1. The minimum atomic E-state index is -1.16. The van der Waals surface area contributed by atoms with Crippen LogP contribution >= 0.6 is 11.6 Å². The van der Waals surface area contributed by atoms with Gasteiger partial charge in [0.05, 0.1) is 11.6 Å². The van der Waals surface area contributed by atoms with Crippen molar-refractivity contribution < 1.29 is 30.0 Å². The van der Waals surface area contributed by atoms with Crippen molar-refractivity contribution in [3.8, 4) is 23.0 Å². The molecule has 2 aromatic rings. The highest BCUT2D eigenvalue weighted by Crippen LogP contribution is 2.36. The predicted octanol–water partition coefficient (Wildman–Crippen LogP) is 5.29. The Kier molecular flexibility index (Phi) is 8.46. The second-order valence-corrected chi connectivity index (χ2v) is 7.29. The third-order valence-electron chi connectivity index (χ3n) is 4.74. The molecule has 7 heteroatoms. The summed E-state index contributed by atoms with van der Waals surface area (Å²) < 4.78 is 5.78. The van der Waals surface area contributed by atoms with E-state index in [1.807, 2.05) is 6.92 Å². The third kappa shape index (κ3) is 5.94. The third-order valence-corrected chi connectivity index (χ3v) is 5.16. The summed E-state index contributed by atoms with van der Waals surface area (Å²) in [4.78, 5) is 11.2. The molecule has 0 bridgehead atoms. The molecule has 0 saturated heterocycles. The lowest BCUT2D eigenvalue weighted by atomic mass is 10.0. The molecule has 0 unspecified atom stereocenters. The quantitative estimate of drug-likeness (QED) is 0.289. The number of hydrogen-bond acceptors (Lipinski definition) is 5. The molecule has 6 nitrogen and oxygen atoms in total. The highest BCUT2D eigenvalue weighted by Gasteiger charge is 2.17. The van der Waals surface area contributed by atoms with Crippen molar-refractivity contribution in [2.24, 2.45) is 0 Å². The van der Waals surface area contributed by atoms with Gasteiger partial charge in [-0.25, -0.2) is 4.79 Å². The first-order chi connectivity index (χ1) is 13.9. The number of benzene rings is 2. The van der Waals surface area contributed by atoms with E-state index in [2.05, 4.69) is 0 Å². The van der Waals surface area contributed by atoms with Gasteiger partial charge in [-0.1, -0.05) is 43.9 Å². The van der Waals surface area contributed by atoms with Crippen LogP contribution in [0.3, 0.4) is 0 Å². The molecule has 0 spiro atoms. The fourth-order valence-electron chi connectivity index (χ4n) is 3.16. The van der Waals surface area contributed by atoms with Crippen LogP contribution in [0.2, 0.25) is 5.02 Å². The summed E-state index contributed by atoms with van der Waals surface area (Å²) in [5.74, 6) is -1.35. The van der Waals surface area contributed by atoms with Crippen molar-refractivity contribution in [3.05, 3.63) is 46.0 Å².